The molecule has 2 heterocycles. The summed E-state index contributed by atoms with van der Waals surface area (Å²) < 4.78 is 0.891. The van der Waals surface area contributed by atoms with Crippen molar-refractivity contribution < 1.29 is 4.79 Å². The zero-order valence-corrected chi connectivity index (χ0v) is 12.4. The van der Waals surface area contributed by atoms with Gasteiger partial charge in [0, 0.05) is 33.3 Å². The summed E-state index contributed by atoms with van der Waals surface area (Å²) in [4.78, 5) is 19.6. The molecule has 2 aromatic heterocycles. The van der Waals surface area contributed by atoms with Gasteiger partial charge in [-0.25, -0.2) is 4.98 Å². The molecule has 0 saturated heterocycles. The number of hydrogen-bond acceptors (Lipinski definition) is 2. The molecule has 1 amide bonds. The van der Waals surface area contributed by atoms with Crippen molar-refractivity contribution in [2.24, 2.45) is 0 Å². The Morgan fingerprint density at radius 2 is 2.15 bits per heavy atom. The van der Waals surface area contributed by atoms with Crippen LogP contribution in [0.1, 0.15) is 15.9 Å². The standard InChI is InChI=1S/C15H12BrN3O/c1-9-6-12(16)8-18-14(9)19-15(20)11-2-3-13-10(7-11)4-5-17-13/h2-8,17H,1H3,(H,18,19,20). The van der Waals surface area contributed by atoms with Crippen LogP contribution in [-0.4, -0.2) is 15.9 Å². The van der Waals surface area contributed by atoms with Crippen LogP contribution in [0.3, 0.4) is 0 Å². The minimum atomic E-state index is -0.161. The van der Waals surface area contributed by atoms with Crippen molar-refractivity contribution in [1.82, 2.24) is 9.97 Å². The van der Waals surface area contributed by atoms with Crippen LogP contribution in [0.25, 0.3) is 10.9 Å². The van der Waals surface area contributed by atoms with Gasteiger partial charge in [-0.2, -0.15) is 0 Å². The van der Waals surface area contributed by atoms with Gasteiger partial charge >= 0.3 is 0 Å². The van der Waals surface area contributed by atoms with Gasteiger partial charge in [0.15, 0.2) is 0 Å². The van der Waals surface area contributed by atoms with E-state index < -0.39 is 0 Å². The van der Waals surface area contributed by atoms with Gasteiger partial charge < -0.3 is 10.3 Å². The number of hydrogen-bond donors (Lipinski definition) is 2. The molecule has 4 nitrogen and oxygen atoms in total. The Labute approximate surface area is 124 Å². The second-order valence-electron chi connectivity index (χ2n) is 4.55. The van der Waals surface area contributed by atoms with Crippen LogP contribution < -0.4 is 5.32 Å². The summed E-state index contributed by atoms with van der Waals surface area (Å²) in [5.74, 6) is 0.415. The smallest absolute Gasteiger partial charge is 0.256 e. The average molecular weight is 330 g/mol. The number of fused-ring (bicyclic) bond motifs is 1. The predicted octanol–water partition coefficient (Wildman–Crippen LogP) is 3.89. The number of H-pyrrole nitrogens is 1. The van der Waals surface area contributed by atoms with Gasteiger partial charge in [-0.3, -0.25) is 4.79 Å². The highest BCUT2D eigenvalue weighted by Gasteiger charge is 2.09. The van der Waals surface area contributed by atoms with Crippen LogP contribution in [0.2, 0.25) is 0 Å². The molecule has 1 aromatic carbocycles. The monoisotopic (exact) mass is 329 g/mol. The first kappa shape index (κ1) is 12.9. The topological polar surface area (TPSA) is 57.8 Å². The molecular formula is C15H12BrN3O. The maximum Gasteiger partial charge on any atom is 0.256 e. The van der Waals surface area contributed by atoms with Crippen molar-refractivity contribution in [3.63, 3.8) is 0 Å². The Balaban J connectivity index is 1.88. The first-order chi connectivity index (χ1) is 9.63. The van der Waals surface area contributed by atoms with Crippen LogP contribution in [0, 0.1) is 6.92 Å². The van der Waals surface area contributed by atoms with Crippen molar-refractivity contribution in [3.05, 3.63) is 58.3 Å². The number of anilines is 1. The van der Waals surface area contributed by atoms with Crippen LogP contribution in [0.4, 0.5) is 5.82 Å². The molecule has 0 aliphatic rings. The van der Waals surface area contributed by atoms with E-state index >= 15 is 0 Å². The maximum atomic E-state index is 12.2. The Kier molecular flexibility index (Phi) is 3.28. The molecule has 0 bridgehead atoms. The fourth-order valence-electron chi connectivity index (χ4n) is 2.05. The van der Waals surface area contributed by atoms with E-state index in [2.05, 4.69) is 31.2 Å². The number of nitrogens with one attached hydrogen (secondary N) is 2. The summed E-state index contributed by atoms with van der Waals surface area (Å²) in [7, 11) is 0. The molecule has 0 saturated carbocycles. The number of amides is 1. The highest BCUT2D eigenvalue weighted by molar-refractivity contribution is 9.10. The first-order valence-electron chi connectivity index (χ1n) is 6.14. The highest BCUT2D eigenvalue weighted by atomic mass is 79.9. The molecule has 20 heavy (non-hydrogen) atoms. The highest BCUT2D eigenvalue weighted by Crippen LogP contribution is 2.19. The van der Waals surface area contributed by atoms with Gasteiger partial charge in [0.25, 0.3) is 5.91 Å². The number of nitrogens with zero attached hydrogens (tertiary/aromatic N) is 1. The van der Waals surface area contributed by atoms with E-state index in [0.717, 1.165) is 20.9 Å². The molecule has 0 spiro atoms. The molecule has 5 heteroatoms. The third-order valence-corrected chi connectivity index (χ3v) is 3.53. The fraction of sp³-hybridized carbons (Fsp3) is 0.0667. The van der Waals surface area contributed by atoms with E-state index in [1.165, 1.54) is 0 Å². The quantitative estimate of drug-likeness (QED) is 0.749. The van der Waals surface area contributed by atoms with Crippen LogP contribution >= 0.6 is 15.9 Å². The third-order valence-electron chi connectivity index (χ3n) is 3.09. The molecule has 100 valence electrons. The van der Waals surface area contributed by atoms with Gasteiger partial charge in [-0.1, -0.05) is 0 Å². The number of aromatic nitrogens is 2. The minimum absolute atomic E-state index is 0.161. The Morgan fingerprint density at radius 1 is 1.30 bits per heavy atom. The molecule has 0 unspecified atom stereocenters. The third kappa shape index (κ3) is 2.44. The van der Waals surface area contributed by atoms with Gasteiger partial charge in [0.2, 0.25) is 0 Å². The SMILES string of the molecule is Cc1cc(Br)cnc1NC(=O)c1ccc2[nH]ccc2c1. The van der Waals surface area contributed by atoms with Crippen molar-refractivity contribution in [2.75, 3.05) is 5.32 Å². The molecule has 0 radical (unpaired) electrons. The lowest BCUT2D eigenvalue weighted by atomic mass is 10.1. The Hall–Kier alpha value is -2.14. The molecule has 0 fully saturated rings. The lowest BCUT2D eigenvalue weighted by Gasteiger charge is -2.07. The number of carbonyl (C=O) groups excluding carboxylic acids is 1. The van der Waals surface area contributed by atoms with Gasteiger partial charge in [0.05, 0.1) is 0 Å². The van der Waals surface area contributed by atoms with E-state index in [1.54, 1.807) is 12.3 Å². The summed E-state index contributed by atoms with van der Waals surface area (Å²) >= 11 is 3.35. The average Bonchev–Trinajstić information content (AvgIpc) is 2.89. The van der Waals surface area contributed by atoms with Crippen LogP contribution in [-0.2, 0) is 0 Å². The maximum absolute atomic E-state index is 12.2. The van der Waals surface area contributed by atoms with Crippen molar-refractivity contribution in [1.29, 1.82) is 0 Å². The summed E-state index contributed by atoms with van der Waals surface area (Å²) in [5, 5.41) is 3.84. The van der Waals surface area contributed by atoms with Gasteiger partial charge in [0.1, 0.15) is 5.82 Å². The summed E-state index contributed by atoms with van der Waals surface area (Å²) in [6, 6.07) is 9.40. The number of benzene rings is 1. The molecule has 3 aromatic rings. The minimum Gasteiger partial charge on any atom is -0.361 e. The van der Waals surface area contributed by atoms with E-state index in [0.29, 0.717) is 11.4 Å². The first-order valence-corrected chi connectivity index (χ1v) is 6.93. The molecule has 2 N–H and O–H groups in total. The van der Waals surface area contributed by atoms with Gasteiger partial charge in [-0.15, -0.1) is 0 Å². The summed E-state index contributed by atoms with van der Waals surface area (Å²) in [5.41, 5.74) is 2.54. The van der Waals surface area contributed by atoms with Crippen molar-refractivity contribution >= 4 is 38.6 Å². The summed E-state index contributed by atoms with van der Waals surface area (Å²) in [6.07, 6.45) is 3.52. The van der Waals surface area contributed by atoms with E-state index in [-0.39, 0.29) is 5.91 Å². The lowest BCUT2D eigenvalue weighted by molar-refractivity contribution is 0.102. The van der Waals surface area contributed by atoms with E-state index in [4.69, 9.17) is 0 Å². The zero-order chi connectivity index (χ0) is 14.1. The van der Waals surface area contributed by atoms with Gasteiger partial charge in [-0.05, 0) is 58.7 Å². The number of halogens is 1. The van der Waals surface area contributed by atoms with E-state index in [9.17, 15) is 4.79 Å². The summed E-state index contributed by atoms with van der Waals surface area (Å²) in [6.45, 7) is 1.91. The Morgan fingerprint density at radius 3 is 2.95 bits per heavy atom. The fourth-order valence-corrected chi connectivity index (χ4v) is 2.49. The number of rotatable bonds is 2. The molecular weight excluding hydrogens is 318 g/mol. The number of pyridine rings is 1. The molecule has 0 atom stereocenters. The van der Waals surface area contributed by atoms with Crippen molar-refractivity contribution in [2.45, 2.75) is 6.92 Å². The molecule has 3 rings (SSSR count). The normalized spacial score (nSPS) is 10.7. The Bertz CT molecular complexity index is 795. The number of aromatic amines is 1. The zero-order valence-electron chi connectivity index (χ0n) is 10.8. The number of carbonyl (C=O) groups is 1. The second-order valence-corrected chi connectivity index (χ2v) is 5.47. The van der Waals surface area contributed by atoms with Crippen LogP contribution in [0.15, 0.2) is 47.2 Å². The molecule has 0 aliphatic heterocycles. The molecule has 0 aliphatic carbocycles. The van der Waals surface area contributed by atoms with Crippen LogP contribution in [0.5, 0.6) is 0 Å². The number of aryl methyl sites for hydroxylation is 1. The lowest BCUT2D eigenvalue weighted by Crippen LogP contribution is -2.13. The largest absolute Gasteiger partial charge is 0.361 e. The van der Waals surface area contributed by atoms with E-state index in [1.807, 2.05) is 37.4 Å². The van der Waals surface area contributed by atoms with Crippen molar-refractivity contribution in [3.8, 4) is 0 Å². The predicted molar refractivity (Wildman–Crippen MR) is 82.9 cm³/mol. The second kappa shape index (κ2) is 5.09.